The van der Waals surface area contributed by atoms with Gasteiger partial charge in [-0.25, -0.2) is 0 Å². The molecule has 0 aliphatic carbocycles. The van der Waals surface area contributed by atoms with Crippen LogP contribution in [0.4, 0.5) is 5.69 Å². The molecule has 1 heterocycles. The third kappa shape index (κ3) is 3.24. The molecule has 2 aromatic carbocycles. The van der Waals surface area contributed by atoms with E-state index in [4.69, 9.17) is 0 Å². The van der Waals surface area contributed by atoms with E-state index in [1.165, 1.54) is 0 Å². The number of carbonyl (C=O) groups is 2. The molecule has 0 aliphatic rings. The Balaban J connectivity index is 1.91. The number of hydrogen-bond acceptors (Lipinski definition) is 2. The van der Waals surface area contributed by atoms with E-state index >= 15 is 0 Å². The summed E-state index contributed by atoms with van der Waals surface area (Å²) in [6.07, 6.45) is 0. The molecule has 0 unspecified atom stereocenters. The number of amides is 1. The lowest BCUT2D eigenvalue weighted by Gasteiger charge is -2.10. The Labute approximate surface area is 147 Å². The minimum atomic E-state index is -0.623. The summed E-state index contributed by atoms with van der Waals surface area (Å²) in [5.41, 5.74) is 4.63. The number of nitrogens with one attached hydrogen (secondary N) is 1. The highest BCUT2D eigenvalue weighted by Gasteiger charge is 2.23. The molecule has 1 amide bonds. The molecule has 0 atom stereocenters. The van der Waals surface area contributed by atoms with E-state index < -0.39 is 11.7 Å². The molecule has 0 spiro atoms. The van der Waals surface area contributed by atoms with Crippen molar-refractivity contribution in [2.75, 3.05) is 5.32 Å². The minimum absolute atomic E-state index is 0.424. The van der Waals surface area contributed by atoms with Crippen LogP contribution in [0.25, 0.3) is 5.69 Å². The first-order chi connectivity index (χ1) is 12.0. The maximum atomic E-state index is 12.7. The van der Waals surface area contributed by atoms with Crippen LogP contribution in [0, 0.1) is 20.8 Å². The van der Waals surface area contributed by atoms with Crippen molar-refractivity contribution < 1.29 is 9.59 Å². The normalized spacial score (nSPS) is 10.5. The number of hydrogen-bond donors (Lipinski definition) is 1. The lowest BCUT2D eigenvalue weighted by atomic mass is 10.1. The van der Waals surface area contributed by atoms with E-state index in [1.54, 1.807) is 12.1 Å². The number of aromatic nitrogens is 1. The van der Waals surface area contributed by atoms with Crippen molar-refractivity contribution in [2.24, 2.45) is 0 Å². The van der Waals surface area contributed by atoms with E-state index in [1.807, 2.05) is 73.9 Å². The van der Waals surface area contributed by atoms with Crippen molar-refractivity contribution in [3.05, 3.63) is 83.2 Å². The summed E-state index contributed by atoms with van der Waals surface area (Å²) >= 11 is 0. The molecule has 3 rings (SSSR count). The topological polar surface area (TPSA) is 51.1 Å². The van der Waals surface area contributed by atoms with Gasteiger partial charge >= 0.3 is 0 Å². The third-order valence-electron chi connectivity index (χ3n) is 4.29. The zero-order valence-electron chi connectivity index (χ0n) is 14.5. The van der Waals surface area contributed by atoms with Crippen LogP contribution < -0.4 is 5.32 Å². The molecule has 3 aromatic rings. The monoisotopic (exact) mass is 332 g/mol. The summed E-state index contributed by atoms with van der Waals surface area (Å²) in [4.78, 5) is 25.1. The SMILES string of the molecule is Cc1ccccc1NC(=O)C(=O)c1cc(C)n(-c2ccccc2)c1C. The van der Waals surface area contributed by atoms with E-state index in [-0.39, 0.29) is 0 Å². The van der Waals surface area contributed by atoms with Crippen LogP contribution in [0.1, 0.15) is 27.3 Å². The lowest BCUT2D eigenvalue weighted by Crippen LogP contribution is -2.23. The zero-order chi connectivity index (χ0) is 18.0. The fourth-order valence-electron chi connectivity index (χ4n) is 2.98. The average molecular weight is 332 g/mol. The number of anilines is 1. The van der Waals surface area contributed by atoms with E-state index in [0.29, 0.717) is 11.3 Å². The first-order valence-electron chi connectivity index (χ1n) is 8.14. The number of ketones is 1. The smallest absolute Gasteiger partial charge is 0.296 e. The van der Waals surface area contributed by atoms with E-state index in [9.17, 15) is 9.59 Å². The Bertz CT molecular complexity index is 940. The number of carbonyl (C=O) groups excluding carboxylic acids is 2. The summed E-state index contributed by atoms with van der Waals surface area (Å²) in [7, 11) is 0. The molecule has 0 saturated heterocycles. The van der Waals surface area contributed by atoms with Crippen LogP contribution >= 0.6 is 0 Å². The lowest BCUT2D eigenvalue weighted by molar-refractivity contribution is -0.112. The highest BCUT2D eigenvalue weighted by atomic mass is 16.2. The molecular weight excluding hydrogens is 312 g/mol. The van der Waals surface area contributed by atoms with Crippen molar-refractivity contribution >= 4 is 17.4 Å². The fraction of sp³-hybridized carbons (Fsp3) is 0.143. The quantitative estimate of drug-likeness (QED) is 0.574. The van der Waals surface area contributed by atoms with Gasteiger partial charge in [0.25, 0.3) is 11.7 Å². The van der Waals surface area contributed by atoms with Gasteiger partial charge in [-0.2, -0.15) is 0 Å². The second-order valence-electron chi connectivity index (χ2n) is 6.05. The molecule has 0 aliphatic heterocycles. The fourth-order valence-corrected chi connectivity index (χ4v) is 2.98. The van der Waals surface area contributed by atoms with Gasteiger partial charge in [-0.15, -0.1) is 0 Å². The van der Waals surface area contributed by atoms with Gasteiger partial charge in [0.2, 0.25) is 0 Å². The number of para-hydroxylation sites is 2. The molecule has 4 heteroatoms. The van der Waals surface area contributed by atoms with Crippen molar-refractivity contribution in [1.29, 1.82) is 0 Å². The van der Waals surface area contributed by atoms with Gasteiger partial charge in [-0.3, -0.25) is 9.59 Å². The first kappa shape index (κ1) is 16.7. The molecule has 0 fully saturated rings. The Morgan fingerprint density at radius 2 is 1.52 bits per heavy atom. The van der Waals surface area contributed by atoms with Crippen molar-refractivity contribution in [1.82, 2.24) is 4.57 Å². The van der Waals surface area contributed by atoms with Gasteiger partial charge < -0.3 is 9.88 Å². The van der Waals surface area contributed by atoms with Crippen LogP contribution in [-0.2, 0) is 4.79 Å². The number of aryl methyl sites for hydroxylation is 2. The minimum Gasteiger partial charge on any atom is -0.319 e. The summed E-state index contributed by atoms with van der Waals surface area (Å²) in [5, 5.41) is 2.71. The standard InChI is InChI=1S/C21H20N2O2/c1-14-9-7-8-12-19(14)22-21(25)20(24)18-13-15(2)23(16(18)3)17-10-5-4-6-11-17/h4-13H,1-3H3,(H,22,25). The molecule has 0 saturated carbocycles. The molecular formula is C21H20N2O2. The summed E-state index contributed by atoms with van der Waals surface area (Å²) in [6, 6.07) is 18.9. The molecule has 1 aromatic heterocycles. The molecule has 0 bridgehead atoms. The van der Waals surface area contributed by atoms with Gasteiger partial charge in [0, 0.05) is 28.3 Å². The molecule has 1 N–H and O–H groups in total. The van der Waals surface area contributed by atoms with E-state index in [2.05, 4.69) is 5.32 Å². The van der Waals surface area contributed by atoms with Crippen LogP contribution in [-0.4, -0.2) is 16.3 Å². The number of benzene rings is 2. The number of rotatable bonds is 4. The van der Waals surface area contributed by atoms with Gasteiger partial charge in [-0.05, 0) is 50.6 Å². The van der Waals surface area contributed by atoms with Crippen molar-refractivity contribution in [3.63, 3.8) is 0 Å². The Morgan fingerprint density at radius 1 is 0.880 bits per heavy atom. The second-order valence-corrected chi connectivity index (χ2v) is 6.05. The van der Waals surface area contributed by atoms with Crippen LogP contribution in [0.15, 0.2) is 60.7 Å². The van der Waals surface area contributed by atoms with Crippen LogP contribution in [0.2, 0.25) is 0 Å². The van der Waals surface area contributed by atoms with Crippen molar-refractivity contribution in [3.8, 4) is 5.69 Å². The first-order valence-corrected chi connectivity index (χ1v) is 8.14. The number of Topliss-reactive ketones (excluding diaryl/α,β-unsaturated/α-hetero) is 1. The summed E-state index contributed by atoms with van der Waals surface area (Å²) in [5.74, 6) is -1.15. The Morgan fingerprint density at radius 3 is 2.20 bits per heavy atom. The maximum Gasteiger partial charge on any atom is 0.296 e. The molecule has 0 radical (unpaired) electrons. The third-order valence-corrected chi connectivity index (χ3v) is 4.29. The predicted molar refractivity (Wildman–Crippen MR) is 99.4 cm³/mol. The maximum absolute atomic E-state index is 12.7. The number of nitrogens with zero attached hydrogens (tertiary/aromatic N) is 1. The van der Waals surface area contributed by atoms with Crippen LogP contribution in [0.3, 0.4) is 0 Å². The highest BCUT2D eigenvalue weighted by Crippen LogP contribution is 2.22. The van der Waals surface area contributed by atoms with Gasteiger partial charge in [-0.1, -0.05) is 36.4 Å². The second kappa shape index (κ2) is 6.77. The van der Waals surface area contributed by atoms with Gasteiger partial charge in [0.05, 0.1) is 0 Å². The average Bonchev–Trinajstić information content (AvgIpc) is 2.91. The summed E-state index contributed by atoms with van der Waals surface area (Å²) < 4.78 is 1.98. The van der Waals surface area contributed by atoms with Gasteiger partial charge in [0.1, 0.15) is 0 Å². The van der Waals surface area contributed by atoms with Gasteiger partial charge in [0.15, 0.2) is 0 Å². The van der Waals surface area contributed by atoms with Crippen molar-refractivity contribution in [2.45, 2.75) is 20.8 Å². The Hall–Kier alpha value is -3.14. The van der Waals surface area contributed by atoms with Crippen LogP contribution in [0.5, 0.6) is 0 Å². The summed E-state index contributed by atoms with van der Waals surface area (Å²) in [6.45, 7) is 5.67. The molecule has 4 nitrogen and oxygen atoms in total. The Kier molecular flexibility index (Phi) is 4.52. The predicted octanol–water partition coefficient (Wildman–Crippen LogP) is 4.22. The highest BCUT2D eigenvalue weighted by molar-refractivity contribution is 6.46. The van der Waals surface area contributed by atoms with E-state index in [0.717, 1.165) is 22.6 Å². The molecule has 126 valence electrons. The molecule has 25 heavy (non-hydrogen) atoms. The zero-order valence-corrected chi connectivity index (χ0v) is 14.5. The largest absolute Gasteiger partial charge is 0.319 e.